The van der Waals surface area contributed by atoms with Crippen molar-refractivity contribution >= 4 is 17.7 Å². The lowest BCUT2D eigenvalue weighted by Gasteiger charge is -2.41. The summed E-state index contributed by atoms with van der Waals surface area (Å²) in [4.78, 5) is 17.1. The Labute approximate surface area is 188 Å². The largest absolute Gasteiger partial charge is 0.444 e. The van der Waals surface area contributed by atoms with Crippen LogP contribution >= 0.6 is 11.6 Å². The smallest absolute Gasteiger partial charge is 0.410 e. The van der Waals surface area contributed by atoms with Gasteiger partial charge in [-0.2, -0.15) is 0 Å². The zero-order valence-electron chi connectivity index (χ0n) is 18.5. The standard InChI is InChI=1S/C23H31ClN4O3/c1-23(2,3)31-22(29)28-14-8-12-19(28)18-11-6-7-13-27(18)15-20-25-26-21(30-20)16-9-4-5-10-17(16)24/h4-5,9-10,18-19H,6-8,11-15H2,1-3H3/t18-,19-/m0/s1. The summed E-state index contributed by atoms with van der Waals surface area (Å²) >= 11 is 6.27. The third kappa shape index (κ3) is 5.21. The third-order valence-corrected chi connectivity index (χ3v) is 6.27. The molecule has 1 aromatic heterocycles. The molecule has 0 N–H and O–H groups in total. The van der Waals surface area contributed by atoms with E-state index < -0.39 is 5.60 Å². The van der Waals surface area contributed by atoms with Crippen molar-refractivity contribution in [3.8, 4) is 11.5 Å². The molecule has 2 atom stereocenters. The van der Waals surface area contributed by atoms with Gasteiger partial charge in [0.1, 0.15) is 5.60 Å². The Bertz CT molecular complexity index is 910. The number of halogens is 1. The highest BCUT2D eigenvalue weighted by Gasteiger charge is 2.40. The van der Waals surface area contributed by atoms with Crippen LogP contribution in [0.3, 0.4) is 0 Å². The molecule has 1 aromatic carbocycles. The lowest BCUT2D eigenvalue weighted by Crippen LogP contribution is -2.53. The van der Waals surface area contributed by atoms with Crippen LogP contribution in [-0.2, 0) is 11.3 Å². The van der Waals surface area contributed by atoms with Gasteiger partial charge in [-0.1, -0.05) is 30.2 Å². The maximum atomic E-state index is 12.8. The predicted octanol–water partition coefficient (Wildman–Crippen LogP) is 5.14. The van der Waals surface area contributed by atoms with Crippen molar-refractivity contribution in [3.05, 3.63) is 35.2 Å². The minimum absolute atomic E-state index is 0.154. The number of hydrogen-bond donors (Lipinski definition) is 0. The number of likely N-dealkylation sites (tertiary alicyclic amines) is 2. The van der Waals surface area contributed by atoms with Gasteiger partial charge in [0.25, 0.3) is 0 Å². The predicted molar refractivity (Wildman–Crippen MR) is 119 cm³/mol. The van der Waals surface area contributed by atoms with Gasteiger partial charge in [0.15, 0.2) is 0 Å². The first kappa shape index (κ1) is 22.1. The van der Waals surface area contributed by atoms with Crippen molar-refractivity contribution < 1.29 is 13.9 Å². The molecule has 7 nitrogen and oxygen atoms in total. The monoisotopic (exact) mass is 446 g/mol. The number of nitrogens with zero attached hydrogens (tertiary/aromatic N) is 4. The summed E-state index contributed by atoms with van der Waals surface area (Å²) in [5, 5.41) is 9.07. The molecule has 0 saturated carbocycles. The van der Waals surface area contributed by atoms with Gasteiger partial charge in [-0.05, 0) is 65.1 Å². The summed E-state index contributed by atoms with van der Waals surface area (Å²) in [6, 6.07) is 7.88. The van der Waals surface area contributed by atoms with E-state index >= 15 is 0 Å². The Morgan fingerprint density at radius 2 is 1.90 bits per heavy atom. The zero-order valence-corrected chi connectivity index (χ0v) is 19.3. The Hall–Kier alpha value is -2.12. The highest BCUT2D eigenvalue weighted by Crippen LogP contribution is 2.32. The van der Waals surface area contributed by atoms with Gasteiger partial charge in [-0.25, -0.2) is 4.79 Å². The van der Waals surface area contributed by atoms with E-state index in [0.29, 0.717) is 23.3 Å². The molecule has 168 valence electrons. The van der Waals surface area contributed by atoms with E-state index in [1.54, 1.807) is 0 Å². The second-order valence-electron chi connectivity index (χ2n) is 9.40. The number of benzene rings is 1. The van der Waals surface area contributed by atoms with E-state index in [9.17, 15) is 4.79 Å². The number of aromatic nitrogens is 2. The van der Waals surface area contributed by atoms with Crippen LogP contribution in [0.1, 0.15) is 58.8 Å². The van der Waals surface area contributed by atoms with E-state index in [4.69, 9.17) is 20.8 Å². The molecule has 2 aliphatic heterocycles. The molecule has 0 bridgehead atoms. The summed E-state index contributed by atoms with van der Waals surface area (Å²) in [6.45, 7) is 8.01. The van der Waals surface area contributed by atoms with Gasteiger partial charge in [-0.15, -0.1) is 10.2 Å². The lowest BCUT2D eigenvalue weighted by molar-refractivity contribution is 0.00540. The average molecular weight is 447 g/mol. The Balaban J connectivity index is 1.48. The van der Waals surface area contributed by atoms with E-state index in [0.717, 1.165) is 50.8 Å². The molecule has 2 aliphatic rings. The highest BCUT2D eigenvalue weighted by atomic mass is 35.5. The summed E-state index contributed by atoms with van der Waals surface area (Å²) in [5.41, 5.74) is 0.250. The van der Waals surface area contributed by atoms with Crippen LogP contribution in [0.2, 0.25) is 5.02 Å². The SMILES string of the molecule is CC(C)(C)OC(=O)N1CCC[C@H]1[C@@H]1CCCCN1Cc1nnc(-c2ccccc2Cl)o1. The van der Waals surface area contributed by atoms with Gasteiger partial charge in [-0.3, -0.25) is 4.90 Å². The molecule has 8 heteroatoms. The number of piperidine rings is 1. The maximum Gasteiger partial charge on any atom is 0.410 e. The second kappa shape index (κ2) is 9.17. The molecular formula is C23H31ClN4O3. The quantitative estimate of drug-likeness (QED) is 0.647. The fourth-order valence-electron chi connectivity index (χ4n) is 4.62. The number of amides is 1. The van der Waals surface area contributed by atoms with Gasteiger partial charge in [0.05, 0.1) is 23.2 Å². The topological polar surface area (TPSA) is 71.7 Å². The van der Waals surface area contributed by atoms with Crippen LogP contribution in [0.25, 0.3) is 11.5 Å². The third-order valence-electron chi connectivity index (χ3n) is 5.95. The van der Waals surface area contributed by atoms with Crippen LogP contribution in [-0.4, -0.2) is 56.9 Å². The van der Waals surface area contributed by atoms with E-state index in [2.05, 4.69) is 15.1 Å². The first-order valence-electron chi connectivity index (χ1n) is 11.1. The fourth-order valence-corrected chi connectivity index (χ4v) is 4.84. The number of ether oxygens (including phenoxy) is 1. The molecule has 4 rings (SSSR count). The summed E-state index contributed by atoms with van der Waals surface area (Å²) in [5.74, 6) is 1.01. The lowest BCUT2D eigenvalue weighted by atomic mass is 9.94. The Kier molecular flexibility index (Phi) is 6.53. The molecule has 0 unspecified atom stereocenters. The molecule has 2 saturated heterocycles. The molecule has 0 aliphatic carbocycles. The number of carbonyl (C=O) groups is 1. The van der Waals surface area contributed by atoms with Crippen LogP contribution < -0.4 is 0 Å². The van der Waals surface area contributed by atoms with E-state index in [-0.39, 0.29) is 18.2 Å². The van der Waals surface area contributed by atoms with Crippen molar-refractivity contribution in [2.45, 2.75) is 77.1 Å². The molecular weight excluding hydrogens is 416 g/mol. The van der Waals surface area contributed by atoms with Crippen molar-refractivity contribution in [1.82, 2.24) is 20.0 Å². The maximum absolute atomic E-state index is 12.8. The molecule has 31 heavy (non-hydrogen) atoms. The first-order chi connectivity index (χ1) is 14.8. The minimum Gasteiger partial charge on any atom is -0.444 e. The summed E-state index contributed by atoms with van der Waals surface area (Å²) in [6.07, 6.45) is 5.13. The first-order valence-corrected chi connectivity index (χ1v) is 11.5. The summed E-state index contributed by atoms with van der Waals surface area (Å²) in [7, 11) is 0. The van der Waals surface area contributed by atoms with Gasteiger partial charge in [0.2, 0.25) is 11.8 Å². The number of carbonyl (C=O) groups excluding carboxylic acids is 1. The molecule has 2 aromatic rings. The molecule has 2 fully saturated rings. The van der Waals surface area contributed by atoms with Crippen LogP contribution in [0, 0.1) is 0 Å². The zero-order chi connectivity index (χ0) is 22.0. The molecule has 1 amide bonds. The molecule has 0 radical (unpaired) electrons. The van der Waals surface area contributed by atoms with Gasteiger partial charge in [0, 0.05) is 12.6 Å². The highest BCUT2D eigenvalue weighted by molar-refractivity contribution is 6.33. The number of hydrogen-bond acceptors (Lipinski definition) is 6. The molecule has 0 spiro atoms. The van der Waals surface area contributed by atoms with Gasteiger partial charge >= 0.3 is 6.09 Å². The number of rotatable bonds is 4. The Morgan fingerprint density at radius 3 is 2.68 bits per heavy atom. The van der Waals surface area contributed by atoms with E-state index in [1.807, 2.05) is 49.9 Å². The van der Waals surface area contributed by atoms with Crippen LogP contribution in [0.15, 0.2) is 28.7 Å². The average Bonchev–Trinajstić information content (AvgIpc) is 3.37. The fraction of sp³-hybridized carbons (Fsp3) is 0.609. The van der Waals surface area contributed by atoms with Crippen molar-refractivity contribution in [2.24, 2.45) is 0 Å². The summed E-state index contributed by atoms with van der Waals surface area (Å²) < 4.78 is 11.6. The van der Waals surface area contributed by atoms with Crippen molar-refractivity contribution in [1.29, 1.82) is 0 Å². The van der Waals surface area contributed by atoms with Crippen LogP contribution in [0.4, 0.5) is 4.79 Å². The minimum atomic E-state index is -0.491. The van der Waals surface area contributed by atoms with Gasteiger partial charge < -0.3 is 14.1 Å². The van der Waals surface area contributed by atoms with E-state index in [1.165, 1.54) is 0 Å². The van der Waals surface area contributed by atoms with Crippen molar-refractivity contribution in [2.75, 3.05) is 13.1 Å². The van der Waals surface area contributed by atoms with Crippen LogP contribution in [0.5, 0.6) is 0 Å². The van der Waals surface area contributed by atoms with Crippen molar-refractivity contribution in [3.63, 3.8) is 0 Å². The second-order valence-corrected chi connectivity index (χ2v) is 9.80. The molecule has 3 heterocycles. The Morgan fingerprint density at radius 1 is 1.13 bits per heavy atom. The normalized spacial score (nSPS) is 22.6.